The summed E-state index contributed by atoms with van der Waals surface area (Å²) in [5, 5.41) is 2.64. The van der Waals surface area contributed by atoms with Crippen LogP contribution in [0, 0.1) is 0 Å². The molecule has 13 heavy (non-hydrogen) atoms. The van der Waals surface area contributed by atoms with Gasteiger partial charge in [-0.05, 0) is 0 Å². The Morgan fingerprint density at radius 3 is 2.54 bits per heavy atom. The lowest BCUT2D eigenvalue weighted by Gasteiger charge is -2.17. The molecular formula is C8H16N2OS2. The number of hydrogen-bond acceptors (Lipinski definition) is 4. The van der Waals surface area contributed by atoms with Crippen LogP contribution < -0.4 is 5.32 Å². The lowest BCUT2D eigenvalue weighted by atomic mass is 10.3. The molecule has 0 unspecified atom stereocenters. The predicted octanol–water partition coefficient (Wildman–Crippen LogP) is 0.820. The molecule has 0 atom stereocenters. The third-order valence-corrected chi connectivity index (χ3v) is 4.36. The second-order valence-electron chi connectivity index (χ2n) is 2.91. The fourth-order valence-corrected chi connectivity index (χ4v) is 3.23. The van der Waals surface area contributed by atoms with E-state index >= 15 is 0 Å². The maximum Gasteiger partial charge on any atom is 0.221 e. The van der Waals surface area contributed by atoms with Gasteiger partial charge in [-0.15, -0.1) is 0 Å². The van der Waals surface area contributed by atoms with Crippen LogP contribution in [-0.4, -0.2) is 49.0 Å². The smallest absolute Gasteiger partial charge is 0.221 e. The molecule has 5 heteroatoms. The van der Waals surface area contributed by atoms with Crippen molar-refractivity contribution in [2.75, 3.05) is 38.2 Å². The van der Waals surface area contributed by atoms with Crippen molar-refractivity contribution in [3.8, 4) is 0 Å². The molecule has 1 amide bonds. The van der Waals surface area contributed by atoms with Gasteiger partial charge in [-0.1, -0.05) is 21.6 Å². The van der Waals surface area contributed by atoms with E-state index in [9.17, 15) is 4.79 Å². The molecule has 1 saturated heterocycles. The highest BCUT2D eigenvalue weighted by atomic mass is 33.1. The molecule has 1 heterocycles. The zero-order valence-electron chi connectivity index (χ0n) is 7.91. The highest BCUT2D eigenvalue weighted by Crippen LogP contribution is 2.23. The third-order valence-electron chi connectivity index (χ3n) is 2.00. The summed E-state index contributed by atoms with van der Waals surface area (Å²) in [6.07, 6.45) is 0.631. The van der Waals surface area contributed by atoms with Crippen LogP contribution in [-0.2, 0) is 4.79 Å². The lowest BCUT2D eigenvalue weighted by Crippen LogP contribution is -2.31. The minimum Gasteiger partial charge on any atom is -0.359 e. The molecule has 3 nitrogen and oxygen atoms in total. The molecule has 1 fully saturated rings. The Labute approximate surface area is 87.4 Å². The van der Waals surface area contributed by atoms with Gasteiger partial charge in [0.1, 0.15) is 0 Å². The van der Waals surface area contributed by atoms with Gasteiger partial charge < -0.3 is 10.2 Å². The fourth-order valence-electron chi connectivity index (χ4n) is 1.17. The van der Waals surface area contributed by atoms with Gasteiger partial charge in [0.2, 0.25) is 5.91 Å². The normalized spacial score (nSPS) is 19.5. The molecule has 0 bridgehead atoms. The summed E-state index contributed by atoms with van der Waals surface area (Å²) in [6.45, 7) is 3.14. The Hall–Kier alpha value is 0.130. The number of nitrogens with zero attached hydrogens (tertiary/aromatic N) is 1. The lowest BCUT2D eigenvalue weighted by molar-refractivity contribution is -0.120. The number of hydrogen-bond donors (Lipinski definition) is 1. The number of amides is 1. The Balaban J connectivity index is 2.15. The topological polar surface area (TPSA) is 32.3 Å². The maximum atomic E-state index is 11.0. The van der Waals surface area contributed by atoms with Crippen LogP contribution in [0.15, 0.2) is 0 Å². The Morgan fingerprint density at radius 1 is 1.38 bits per heavy atom. The van der Waals surface area contributed by atoms with E-state index in [2.05, 4.69) is 10.2 Å². The average Bonchev–Trinajstić information content (AvgIpc) is 2.42. The second-order valence-corrected chi connectivity index (χ2v) is 5.61. The van der Waals surface area contributed by atoms with Gasteiger partial charge >= 0.3 is 0 Å². The van der Waals surface area contributed by atoms with Crippen molar-refractivity contribution in [1.29, 1.82) is 0 Å². The van der Waals surface area contributed by atoms with E-state index in [0.29, 0.717) is 6.42 Å². The monoisotopic (exact) mass is 220 g/mol. The Kier molecular flexibility index (Phi) is 5.66. The molecule has 1 N–H and O–H groups in total. The molecule has 1 aliphatic heterocycles. The van der Waals surface area contributed by atoms with E-state index in [0.717, 1.165) is 19.6 Å². The number of rotatable bonds is 3. The standard InChI is InChI=1S/C8H16N2OS2/c1-9-8(11)2-3-10-4-6-12-13-7-5-10/h2-7H2,1H3,(H,9,11). The van der Waals surface area contributed by atoms with Crippen LogP contribution in [0.1, 0.15) is 6.42 Å². The first-order chi connectivity index (χ1) is 6.33. The highest BCUT2D eigenvalue weighted by molar-refractivity contribution is 8.76. The molecule has 0 aromatic heterocycles. The van der Waals surface area contributed by atoms with Crippen molar-refractivity contribution in [2.24, 2.45) is 0 Å². The van der Waals surface area contributed by atoms with E-state index in [4.69, 9.17) is 0 Å². The largest absolute Gasteiger partial charge is 0.359 e. The van der Waals surface area contributed by atoms with Gasteiger partial charge in [0, 0.05) is 44.6 Å². The Bertz CT molecular complexity index is 158. The van der Waals surface area contributed by atoms with Crippen molar-refractivity contribution in [2.45, 2.75) is 6.42 Å². The molecule has 76 valence electrons. The van der Waals surface area contributed by atoms with Crippen LogP contribution in [0.3, 0.4) is 0 Å². The molecule has 0 spiro atoms. The van der Waals surface area contributed by atoms with Crippen LogP contribution >= 0.6 is 21.6 Å². The number of nitrogens with one attached hydrogen (secondary N) is 1. The average molecular weight is 220 g/mol. The molecule has 0 aromatic carbocycles. The zero-order chi connectivity index (χ0) is 9.52. The first kappa shape index (κ1) is 11.2. The summed E-state index contributed by atoms with van der Waals surface area (Å²) in [5.74, 6) is 2.50. The maximum absolute atomic E-state index is 11.0. The first-order valence-corrected chi connectivity index (χ1v) is 6.99. The minimum absolute atomic E-state index is 0.143. The third kappa shape index (κ3) is 4.78. The van der Waals surface area contributed by atoms with Crippen molar-refractivity contribution in [3.05, 3.63) is 0 Å². The van der Waals surface area contributed by atoms with Crippen LogP contribution in [0.2, 0.25) is 0 Å². The van der Waals surface area contributed by atoms with Gasteiger partial charge in [-0.2, -0.15) is 0 Å². The molecule has 0 aliphatic carbocycles. The number of carbonyl (C=O) groups is 1. The van der Waals surface area contributed by atoms with Crippen molar-refractivity contribution in [3.63, 3.8) is 0 Å². The molecule has 1 aliphatic rings. The van der Waals surface area contributed by atoms with Gasteiger partial charge in [-0.25, -0.2) is 0 Å². The van der Waals surface area contributed by atoms with Crippen LogP contribution in [0.4, 0.5) is 0 Å². The van der Waals surface area contributed by atoms with E-state index in [1.807, 2.05) is 21.6 Å². The van der Waals surface area contributed by atoms with Gasteiger partial charge in [0.05, 0.1) is 0 Å². The predicted molar refractivity (Wildman–Crippen MR) is 60.0 cm³/mol. The second kappa shape index (κ2) is 6.56. The number of carbonyl (C=O) groups excluding carboxylic acids is 1. The summed E-state index contributed by atoms with van der Waals surface area (Å²) >= 11 is 0. The van der Waals surface area contributed by atoms with Crippen LogP contribution in [0.25, 0.3) is 0 Å². The van der Waals surface area contributed by atoms with E-state index in [1.54, 1.807) is 7.05 Å². The van der Waals surface area contributed by atoms with E-state index < -0.39 is 0 Å². The summed E-state index contributed by atoms with van der Waals surface area (Å²) in [4.78, 5) is 13.4. The summed E-state index contributed by atoms with van der Waals surface area (Å²) in [7, 11) is 5.56. The molecule has 0 aromatic rings. The quantitative estimate of drug-likeness (QED) is 0.714. The Morgan fingerprint density at radius 2 is 2.00 bits per heavy atom. The molecular weight excluding hydrogens is 204 g/mol. The molecule has 0 radical (unpaired) electrons. The molecule has 0 saturated carbocycles. The molecule has 1 rings (SSSR count). The zero-order valence-corrected chi connectivity index (χ0v) is 9.55. The van der Waals surface area contributed by atoms with Gasteiger partial charge in [-0.3, -0.25) is 4.79 Å². The van der Waals surface area contributed by atoms with Gasteiger partial charge in [0.15, 0.2) is 0 Å². The van der Waals surface area contributed by atoms with E-state index in [1.165, 1.54) is 11.5 Å². The van der Waals surface area contributed by atoms with E-state index in [-0.39, 0.29) is 5.91 Å². The summed E-state index contributed by atoms with van der Waals surface area (Å²) in [5.41, 5.74) is 0. The summed E-state index contributed by atoms with van der Waals surface area (Å²) in [6, 6.07) is 0. The van der Waals surface area contributed by atoms with Crippen LogP contribution in [0.5, 0.6) is 0 Å². The minimum atomic E-state index is 0.143. The van der Waals surface area contributed by atoms with Crippen molar-refractivity contribution < 1.29 is 4.79 Å². The fraction of sp³-hybridized carbons (Fsp3) is 0.875. The van der Waals surface area contributed by atoms with Gasteiger partial charge in [0.25, 0.3) is 0 Å². The highest BCUT2D eigenvalue weighted by Gasteiger charge is 2.10. The van der Waals surface area contributed by atoms with Crippen molar-refractivity contribution in [1.82, 2.24) is 10.2 Å². The van der Waals surface area contributed by atoms with Crippen molar-refractivity contribution >= 4 is 27.5 Å². The first-order valence-electron chi connectivity index (χ1n) is 4.50. The SMILES string of the molecule is CNC(=O)CCN1CCSSCC1. The summed E-state index contributed by atoms with van der Waals surface area (Å²) < 4.78 is 0.